The first-order chi connectivity index (χ1) is 13.3. The molecule has 1 atom stereocenters. The summed E-state index contributed by atoms with van der Waals surface area (Å²) in [7, 11) is -3.54. The molecule has 3 rings (SSSR count). The van der Waals surface area contributed by atoms with Crippen molar-refractivity contribution in [2.24, 2.45) is 0 Å². The van der Waals surface area contributed by atoms with E-state index >= 15 is 0 Å². The predicted octanol–water partition coefficient (Wildman–Crippen LogP) is 3.66. The SMILES string of the molecule is CC[C@H](C)c1ccc(S(=O)(=O)N2CCN(C(=O)c3ccc(C)cc3)CC2)cc1. The molecule has 0 unspecified atom stereocenters. The molecule has 1 aliphatic heterocycles. The molecule has 1 saturated heterocycles. The molecule has 1 fully saturated rings. The molecule has 150 valence electrons. The second-order valence-electron chi connectivity index (χ2n) is 7.44. The molecule has 1 aliphatic rings. The molecule has 0 N–H and O–H groups in total. The topological polar surface area (TPSA) is 57.7 Å². The van der Waals surface area contributed by atoms with E-state index in [0.29, 0.717) is 42.6 Å². The Morgan fingerprint density at radius 1 is 0.964 bits per heavy atom. The molecular weight excluding hydrogens is 372 g/mol. The van der Waals surface area contributed by atoms with Crippen LogP contribution in [0.5, 0.6) is 0 Å². The van der Waals surface area contributed by atoms with Crippen LogP contribution in [0.25, 0.3) is 0 Å². The van der Waals surface area contributed by atoms with Gasteiger partial charge in [0, 0.05) is 31.7 Å². The van der Waals surface area contributed by atoms with Gasteiger partial charge in [0.1, 0.15) is 0 Å². The number of carbonyl (C=O) groups is 1. The number of rotatable bonds is 5. The lowest BCUT2D eigenvalue weighted by Crippen LogP contribution is -2.50. The second-order valence-corrected chi connectivity index (χ2v) is 9.38. The van der Waals surface area contributed by atoms with Crippen molar-refractivity contribution in [2.45, 2.75) is 38.0 Å². The minimum Gasteiger partial charge on any atom is -0.336 e. The largest absolute Gasteiger partial charge is 0.336 e. The molecule has 0 bridgehead atoms. The molecule has 5 nitrogen and oxygen atoms in total. The summed E-state index contributed by atoms with van der Waals surface area (Å²) in [6, 6.07) is 14.7. The van der Waals surface area contributed by atoms with Gasteiger partial charge in [-0.05, 0) is 49.1 Å². The fourth-order valence-corrected chi connectivity index (χ4v) is 4.79. The Hall–Kier alpha value is -2.18. The summed E-state index contributed by atoms with van der Waals surface area (Å²) in [4.78, 5) is 14.7. The van der Waals surface area contributed by atoms with E-state index in [2.05, 4.69) is 13.8 Å². The summed E-state index contributed by atoms with van der Waals surface area (Å²) in [5.41, 5.74) is 2.89. The average Bonchev–Trinajstić information content (AvgIpc) is 2.73. The van der Waals surface area contributed by atoms with E-state index in [-0.39, 0.29) is 5.91 Å². The van der Waals surface area contributed by atoms with Gasteiger partial charge in [0.05, 0.1) is 4.90 Å². The van der Waals surface area contributed by atoms with Crippen molar-refractivity contribution in [3.8, 4) is 0 Å². The van der Waals surface area contributed by atoms with Crippen LogP contribution >= 0.6 is 0 Å². The maximum atomic E-state index is 12.9. The van der Waals surface area contributed by atoms with E-state index in [1.165, 1.54) is 4.31 Å². The van der Waals surface area contributed by atoms with Gasteiger partial charge in [-0.25, -0.2) is 8.42 Å². The van der Waals surface area contributed by atoms with Crippen molar-refractivity contribution in [3.63, 3.8) is 0 Å². The van der Waals surface area contributed by atoms with E-state index in [0.717, 1.165) is 17.5 Å². The maximum Gasteiger partial charge on any atom is 0.253 e. The Balaban J connectivity index is 1.66. The Bertz CT molecular complexity index is 913. The molecule has 1 heterocycles. The summed E-state index contributed by atoms with van der Waals surface area (Å²) in [6.45, 7) is 7.65. The van der Waals surface area contributed by atoms with E-state index in [9.17, 15) is 13.2 Å². The van der Waals surface area contributed by atoms with Gasteiger partial charge in [-0.3, -0.25) is 4.79 Å². The van der Waals surface area contributed by atoms with Crippen LogP contribution in [-0.2, 0) is 10.0 Å². The Morgan fingerprint density at radius 2 is 1.54 bits per heavy atom. The summed E-state index contributed by atoms with van der Waals surface area (Å²) in [5.74, 6) is 0.364. The Kier molecular flexibility index (Phi) is 6.20. The molecule has 6 heteroatoms. The molecule has 0 aliphatic carbocycles. The van der Waals surface area contributed by atoms with Crippen molar-refractivity contribution in [2.75, 3.05) is 26.2 Å². The highest BCUT2D eigenvalue weighted by Gasteiger charge is 2.30. The third-order valence-corrected chi connectivity index (χ3v) is 7.44. The van der Waals surface area contributed by atoms with Crippen LogP contribution in [0.2, 0.25) is 0 Å². The van der Waals surface area contributed by atoms with Gasteiger partial charge < -0.3 is 4.90 Å². The predicted molar refractivity (Wildman–Crippen MR) is 111 cm³/mol. The zero-order valence-corrected chi connectivity index (χ0v) is 17.6. The van der Waals surface area contributed by atoms with Crippen molar-refractivity contribution >= 4 is 15.9 Å². The van der Waals surface area contributed by atoms with Crippen molar-refractivity contribution in [3.05, 3.63) is 65.2 Å². The minimum absolute atomic E-state index is 0.0463. The molecule has 2 aromatic rings. The Labute approximate surface area is 168 Å². The quantitative estimate of drug-likeness (QED) is 0.770. The molecule has 2 aromatic carbocycles. The number of piperazine rings is 1. The third kappa shape index (κ3) is 4.28. The zero-order valence-electron chi connectivity index (χ0n) is 16.8. The molecule has 0 aromatic heterocycles. The van der Waals surface area contributed by atoms with Crippen LogP contribution in [0.4, 0.5) is 0 Å². The fourth-order valence-electron chi connectivity index (χ4n) is 3.36. The van der Waals surface area contributed by atoms with Crippen LogP contribution < -0.4 is 0 Å². The van der Waals surface area contributed by atoms with E-state index < -0.39 is 10.0 Å². The molecule has 28 heavy (non-hydrogen) atoms. The van der Waals surface area contributed by atoms with Gasteiger partial charge in [0.2, 0.25) is 10.0 Å². The first-order valence-corrected chi connectivity index (χ1v) is 11.2. The monoisotopic (exact) mass is 400 g/mol. The maximum absolute atomic E-state index is 12.9. The highest BCUT2D eigenvalue weighted by atomic mass is 32.2. The van der Waals surface area contributed by atoms with E-state index in [1.807, 2.05) is 43.3 Å². The molecule has 1 amide bonds. The van der Waals surface area contributed by atoms with E-state index in [1.54, 1.807) is 17.0 Å². The van der Waals surface area contributed by atoms with Crippen LogP contribution in [-0.4, -0.2) is 49.7 Å². The highest BCUT2D eigenvalue weighted by molar-refractivity contribution is 7.89. The van der Waals surface area contributed by atoms with Gasteiger partial charge in [-0.2, -0.15) is 4.31 Å². The van der Waals surface area contributed by atoms with Crippen molar-refractivity contribution in [1.82, 2.24) is 9.21 Å². The normalized spacial score (nSPS) is 16.8. The first kappa shape index (κ1) is 20.6. The summed E-state index contributed by atoms with van der Waals surface area (Å²) >= 11 is 0. The summed E-state index contributed by atoms with van der Waals surface area (Å²) in [6.07, 6.45) is 1.02. The summed E-state index contributed by atoms with van der Waals surface area (Å²) < 4.78 is 27.4. The lowest BCUT2D eigenvalue weighted by atomic mass is 9.99. The lowest BCUT2D eigenvalue weighted by Gasteiger charge is -2.34. The second kappa shape index (κ2) is 8.45. The Morgan fingerprint density at radius 3 is 2.07 bits per heavy atom. The molecule has 0 spiro atoms. The fraction of sp³-hybridized carbons (Fsp3) is 0.409. The van der Waals surface area contributed by atoms with Crippen LogP contribution in [0.3, 0.4) is 0 Å². The third-order valence-electron chi connectivity index (χ3n) is 5.52. The number of hydrogen-bond acceptors (Lipinski definition) is 3. The average molecular weight is 401 g/mol. The lowest BCUT2D eigenvalue weighted by molar-refractivity contribution is 0.0698. The highest BCUT2D eigenvalue weighted by Crippen LogP contribution is 2.23. The van der Waals surface area contributed by atoms with E-state index in [4.69, 9.17) is 0 Å². The van der Waals surface area contributed by atoms with Gasteiger partial charge in [-0.15, -0.1) is 0 Å². The number of carbonyl (C=O) groups excluding carboxylic acids is 1. The summed E-state index contributed by atoms with van der Waals surface area (Å²) in [5, 5.41) is 0. The number of aryl methyl sites for hydroxylation is 1. The standard InChI is InChI=1S/C22H28N2O3S/c1-4-18(3)19-9-11-21(12-10-19)28(26,27)24-15-13-23(14-16-24)22(25)20-7-5-17(2)6-8-20/h5-12,18H,4,13-16H2,1-3H3/t18-/m0/s1. The number of benzene rings is 2. The van der Waals surface area contributed by atoms with Crippen LogP contribution in [0.1, 0.15) is 47.7 Å². The number of amides is 1. The minimum atomic E-state index is -3.54. The van der Waals surface area contributed by atoms with Crippen LogP contribution in [0.15, 0.2) is 53.4 Å². The number of hydrogen-bond donors (Lipinski definition) is 0. The molecular formula is C22H28N2O3S. The van der Waals surface area contributed by atoms with Gasteiger partial charge >= 0.3 is 0 Å². The first-order valence-electron chi connectivity index (χ1n) is 9.79. The van der Waals surface area contributed by atoms with Crippen molar-refractivity contribution < 1.29 is 13.2 Å². The van der Waals surface area contributed by atoms with Crippen molar-refractivity contribution in [1.29, 1.82) is 0 Å². The number of nitrogens with zero attached hydrogens (tertiary/aromatic N) is 2. The van der Waals surface area contributed by atoms with Gasteiger partial charge in [0.25, 0.3) is 5.91 Å². The smallest absolute Gasteiger partial charge is 0.253 e. The zero-order chi connectivity index (χ0) is 20.3. The van der Waals surface area contributed by atoms with Gasteiger partial charge in [-0.1, -0.05) is 43.7 Å². The molecule has 0 radical (unpaired) electrons. The van der Waals surface area contributed by atoms with Crippen LogP contribution in [0, 0.1) is 6.92 Å². The number of sulfonamides is 1. The molecule has 0 saturated carbocycles. The van der Waals surface area contributed by atoms with Gasteiger partial charge in [0.15, 0.2) is 0 Å².